The molecule has 0 unspecified atom stereocenters. The Bertz CT molecular complexity index is 497. The highest BCUT2D eigenvalue weighted by Gasteiger charge is 2.08. The van der Waals surface area contributed by atoms with Crippen molar-refractivity contribution in [1.82, 2.24) is 4.98 Å². The third kappa shape index (κ3) is 2.07. The predicted molar refractivity (Wildman–Crippen MR) is 62.1 cm³/mol. The second kappa shape index (κ2) is 4.11. The predicted octanol–water partition coefficient (Wildman–Crippen LogP) is 3.96. The molecule has 0 bridgehead atoms. The molecule has 1 heterocycles. The minimum absolute atomic E-state index is 0.215. The van der Waals surface area contributed by atoms with Crippen LogP contribution in [-0.2, 0) is 0 Å². The maximum atomic E-state index is 13.6. The Morgan fingerprint density at radius 2 is 2.00 bits per heavy atom. The van der Waals surface area contributed by atoms with E-state index in [9.17, 15) is 4.39 Å². The molecule has 0 aliphatic carbocycles. The maximum Gasteiger partial charge on any atom is 0.131 e. The summed E-state index contributed by atoms with van der Waals surface area (Å²) in [5.74, 6) is -0.215. The lowest BCUT2D eigenvalue weighted by Crippen LogP contribution is -1.87. The summed E-state index contributed by atoms with van der Waals surface area (Å²) < 4.78 is 14.4. The van der Waals surface area contributed by atoms with E-state index in [1.54, 1.807) is 24.5 Å². The maximum absolute atomic E-state index is 13.6. The van der Waals surface area contributed by atoms with Crippen molar-refractivity contribution in [2.45, 2.75) is 6.92 Å². The standard InChI is InChI=1S/C12H9BrFN/c1-8-2-3-12(14)10(6-8)9-4-5-15-7-11(9)13/h2-7H,1H3. The summed E-state index contributed by atoms with van der Waals surface area (Å²) in [5, 5.41) is 0. The smallest absolute Gasteiger partial charge is 0.131 e. The fraction of sp³-hybridized carbons (Fsp3) is 0.0833. The number of aromatic nitrogens is 1. The minimum Gasteiger partial charge on any atom is -0.264 e. The molecule has 0 aliphatic heterocycles. The van der Waals surface area contributed by atoms with E-state index in [0.29, 0.717) is 5.56 Å². The highest BCUT2D eigenvalue weighted by Crippen LogP contribution is 2.29. The van der Waals surface area contributed by atoms with Crippen LogP contribution < -0.4 is 0 Å². The van der Waals surface area contributed by atoms with Crippen LogP contribution in [0.25, 0.3) is 11.1 Å². The highest BCUT2D eigenvalue weighted by atomic mass is 79.9. The number of benzene rings is 1. The van der Waals surface area contributed by atoms with Gasteiger partial charge in [-0.25, -0.2) is 4.39 Å². The van der Waals surface area contributed by atoms with Crippen LogP contribution in [0.3, 0.4) is 0 Å². The van der Waals surface area contributed by atoms with Gasteiger partial charge in [0.15, 0.2) is 0 Å². The van der Waals surface area contributed by atoms with Crippen molar-refractivity contribution in [3.63, 3.8) is 0 Å². The van der Waals surface area contributed by atoms with Crippen LogP contribution in [0, 0.1) is 12.7 Å². The fourth-order valence-electron chi connectivity index (χ4n) is 1.44. The van der Waals surface area contributed by atoms with E-state index in [1.165, 1.54) is 6.07 Å². The average Bonchev–Trinajstić information content (AvgIpc) is 2.23. The van der Waals surface area contributed by atoms with Crippen LogP contribution in [0.2, 0.25) is 0 Å². The first kappa shape index (κ1) is 10.3. The molecule has 0 aliphatic rings. The van der Waals surface area contributed by atoms with Crippen molar-refractivity contribution in [3.05, 3.63) is 52.5 Å². The topological polar surface area (TPSA) is 12.9 Å². The number of nitrogens with zero attached hydrogens (tertiary/aromatic N) is 1. The van der Waals surface area contributed by atoms with E-state index in [4.69, 9.17) is 0 Å². The molecule has 0 fully saturated rings. The molecular formula is C12H9BrFN. The van der Waals surface area contributed by atoms with Gasteiger partial charge in [-0.3, -0.25) is 4.98 Å². The summed E-state index contributed by atoms with van der Waals surface area (Å²) in [6.45, 7) is 1.94. The Kier molecular flexibility index (Phi) is 2.82. The van der Waals surface area contributed by atoms with Crippen molar-refractivity contribution < 1.29 is 4.39 Å². The molecule has 3 heteroatoms. The Morgan fingerprint density at radius 1 is 1.20 bits per heavy atom. The van der Waals surface area contributed by atoms with E-state index < -0.39 is 0 Å². The number of halogens is 2. The summed E-state index contributed by atoms with van der Waals surface area (Å²) >= 11 is 3.36. The van der Waals surface area contributed by atoms with E-state index in [0.717, 1.165) is 15.6 Å². The molecule has 0 saturated heterocycles. The van der Waals surface area contributed by atoms with Gasteiger partial charge in [0.1, 0.15) is 5.82 Å². The molecular weight excluding hydrogens is 257 g/mol. The fourth-order valence-corrected chi connectivity index (χ4v) is 1.90. The third-order valence-corrected chi connectivity index (χ3v) is 2.82. The minimum atomic E-state index is -0.215. The first-order chi connectivity index (χ1) is 7.18. The number of pyridine rings is 1. The van der Waals surface area contributed by atoms with E-state index in [2.05, 4.69) is 20.9 Å². The Labute approximate surface area is 96.1 Å². The van der Waals surface area contributed by atoms with Crippen molar-refractivity contribution in [3.8, 4) is 11.1 Å². The molecule has 0 amide bonds. The quantitative estimate of drug-likeness (QED) is 0.761. The van der Waals surface area contributed by atoms with Crippen LogP contribution >= 0.6 is 15.9 Å². The van der Waals surface area contributed by atoms with Gasteiger partial charge in [0.05, 0.1) is 0 Å². The first-order valence-electron chi connectivity index (χ1n) is 4.54. The molecule has 1 nitrogen and oxygen atoms in total. The van der Waals surface area contributed by atoms with Gasteiger partial charge in [0, 0.05) is 28.0 Å². The zero-order valence-electron chi connectivity index (χ0n) is 8.17. The molecule has 76 valence electrons. The lowest BCUT2D eigenvalue weighted by molar-refractivity contribution is 0.631. The normalized spacial score (nSPS) is 10.3. The second-order valence-electron chi connectivity index (χ2n) is 3.34. The third-order valence-electron chi connectivity index (χ3n) is 2.18. The summed E-state index contributed by atoms with van der Waals surface area (Å²) in [6.07, 6.45) is 3.32. The lowest BCUT2D eigenvalue weighted by atomic mass is 10.0. The Hall–Kier alpha value is -1.22. The number of hydrogen-bond donors (Lipinski definition) is 0. The van der Waals surface area contributed by atoms with Gasteiger partial charge in [-0.15, -0.1) is 0 Å². The van der Waals surface area contributed by atoms with Crippen LogP contribution in [-0.4, -0.2) is 4.98 Å². The van der Waals surface area contributed by atoms with E-state index >= 15 is 0 Å². The van der Waals surface area contributed by atoms with Crippen LogP contribution in [0.1, 0.15) is 5.56 Å². The zero-order valence-corrected chi connectivity index (χ0v) is 9.75. The van der Waals surface area contributed by atoms with Crippen LogP contribution in [0.4, 0.5) is 4.39 Å². The van der Waals surface area contributed by atoms with Gasteiger partial charge in [-0.2, -0.15) is 0 Å². The molecule has 0 spiro atoms. The largest absolute Gasteiger partial charge is 0.264 e. The summed E-state index contributed by atoms with van der Waals surface area (Å²) in [7, 11) is 0. The van der Waals surface area contributed by atoms with Crippen LogP contribution in [0.5, 0.6) is 0 Å². The molecule has 0 saturated carbocycles. The van der Waals surface area contributed by atoms with Crippen molar-refractivity contribution in [2.24, 2.45) is 0 Å². The first-order valence-corrected chi connectivity index (χ1v) is 5.34. The molecule has 1 aromatic carbocycles. The van der Waals surface area contributed by atoms with Gasteiger partial charge in [-0.05, 0) is 41.1 Å². The Morgan fingerprint density at radius 3 is 2.73 bits per heavy atom. The molecule has 1 aromatic heterocycles. The van der Waals surface area contributed by atoms with Gasteiger partial charge >= 0.3 is 0 Å². The van der Waals surface area contributed by atoms with Crippen molar-refractivity contribution in [2.75, 3.05) is 0 Å². The number of hydrogen-bond acceptors (Lipinski definition) is 1. The molecule has 15 heavy (non-hydrogen) atoms. The van der Waals surface area contributed by atoms with Crippen LogP contribution in [0.15, 0.2) is 41.1 Å². The lowest BCUT2D eigenvalue weighted by Gasteiger charge is -2.06. The number of rotatable bonds is 1. The van der Waals surface area contributed by atoms with E-state index in [1.807, 2.05) is 13.0 Å². The average molecular weight is 266 g/mol. The van der Waals surface area contributed by atoms with Crippen molar-refractivity contribution >= 4 is 15.9 Å². The summed E-state index contributed by atoms with van der Waals surface area (Å²) in [4.78, 5) is 3.95. The van der Waals surface area contributed by atoms with Gasteiger partial charge in [0.25, 0.3) is 0 Å². The summed E-state index contributed by atoms with van der Waals surface area (Å²) in [5.41, 5.74) is 2.46. The Balaban J connectivity index is 2.64. The molecule has 0 N–H and O–H groups in total. The molecule has 0 atom stereocenters. The summed E-state index contributed by atoms with van der Waals surface area (Å²) in [6, 6.07) is 6.86. The monoisotopic (exact) mass is 265 g/mol. The SMILES string of the molecule is Cc1ccc(F)c(-c2ccncc2Br)c1. The van der Waals surface area contributed by atoms with E-state index in [-0.39, 0.29) is 5.82 Å². The molecule has 0 radical (unpaired) electrons. The second-order valence-corrected chi connectivity index (χ2v) is 4.19. The number of aryl methyl sites for hydroxylation is 1. The zero-order chi connectivity index (χ0) is 10.8. The highest BCUT2D eigenvalue weighted by molar-refractivity contribution is 9.10. The molecule has 2 rings (SSSR count). The van der Waals surface area contributed by atoms with Gasteiger partial charge in [0.2, 0.25) is 0 Å². The van der Waals surface area contributed by atoms with Gasteiger partial charge < -0.3 is 0 Å². The molecule has 2 aromatic rings. The van der Waals surface area contributed by atoms with Gasteiger partial charge in [-0.1, -0.05) is 11.6 Å². The van der Waals surface area contributed by atoms with Crippen molar-refractivity contribution in [1.29, 1.82) is 0 Å².